The number of aromatic nitrogens is 2. The van der Waals surface area contributed by atoms with Gasteiger partial charge in [-0.1, -0.05) is 6.07 Å². The number of thiocarbonyl (C=S) groups is 1. The highest BCUT2D eigenvalue weighted by Gasteiger charge is 2.41. The van der Waals surface area contributed by atoms with Crippen LogP contribution in [-0.2, 0) is 4.74 Å². The zero-order chi connectivity index (χ0) is 24.0. The number of rotatable bonds is 9. The first-order valence-corrected chi connectivity index (χ1v) is 12.8. The molecular weight excluding hydrogens is 458 g/mol. The Labute approximate surface area is 212 Å². The lowest BCUT2D eigenvalue weighted by Crippen LogP contribution is -2.39. The molecule has 1 N–H and O–H groups in total. The second-order valence-corrected chi connectivity index (χ2v) is 9.24. The van der Waals surface area contributed by atoms with Gasteiger partial charge in [-0.3, -0.25) is 9.88 Å². The minimum Gasteiger partial charge on any atom is -0.494 e. The van der Waals surface area contributed by atoms with E-state index in [1.165, 1.54) is 5.69 Å². The molecule has 184 valence electrons. The average molecular weight is 492 g/mol. The molecule has 8 heteroatoms. The van der Waals surface area contributed by atoms with Gasteiger partial charge in [0.05, 0.1) is 37.6 Å². The Morgan fingerprint density at radius 3 is 2.63 bits per heavy atom. The van der Waals surface area contributed by atoms with Crippen LogP contribution in [0.15, 0.2) is 67.0 Å². The highest BCUT2D eigenvalue weighted by Crippen LogP contribution is 2.39. The molecule has 0 spiro atoms. The number of nitrogens with zero attached hydrogens (tertiary/aromatic N) is 4. The van der Waals surface area contributed by atoms with Crippen molar-refractivity contribution in [2.24, 2.45) is 0 Å². The van der Waals surface area contributed by atoms with Gasteiger partial charge in [-0.2, -0.15) is 0 Å². The van der Waals surface area contributed by atoms with E-state index in [4.69, 9.17) is 21.7 Å². The first-order valence-electron chi connectivity index (χ1n) is 12.4. The lowest BCUT2D eigenvalue weighted by atomic mass is 10.0. The van der Waals surface area contributed by atoms with Crippen molar-refractivity contribution in [3.63, 3.8) is 0 Å². The van der Waals surface area contributed by atoms with Crippen molar-refractivity contribution in [3.8, 4) is 11.4 Å². The third-order valence-electron chi connectivity index (χ3n) is 6.68. The van der Waals surface area contributed by atoms with Crippen molar-refractivity contribution in [1.82, 2.24) is 24.7 Å². The minimum absolute atomic E-state index is 0.0246. The molecular formula is C27H33N5O2S. The van der Waals surface area contributed by atoms with Gasteiger partial charge in [-0.15, -0.1) is 0 Å². The summed E-state index contributed by atoms with van der Waals surface area (Å²) in [6, 6.07) is 18.6. The molecule has 0 aliphatic carbocycles. The van der Waals surface area contributed by atoms with Crippen molar-refractivity contribution in [2.75, 3.05) is 46.0 Å². The number of pyridine rings is 1. The zero-order valence-corrected chi connectivity index (χ0v) is 21.0. The van der Waals surface area contributed by atoms with Gasteiger partial charge in [0.2, 0.25) is 0 Å². The molecule has 3 aromatic rings. The molecule has 7 nitrogen and oxygen atoms in total. The molecule has 0 amide bonds. The van der Waals surface area contributed by atoms with Crippen molar-refractivity contribution in [1.29, 1.82) is 0 Å². The highest BCUT2D eigenvalue weighted by molar-refractivity contribution is 7.80. The Kier molecular flexibility index (Phi) is 7.61. The normalized spacial score (nSPS) is 20.7. The summed E-state index contributed by atoms with van der Waals surface area (Å²) in [6.07, 6.45) is 5.01. The molecule has 2 atom stereocenters. The molecule has 2 saturated heterocycles. The van der Waals surface area contributed by atoms with Crippen LogP contribution in [0.2, 0.25) is 0 Å². The van der Waals surface area contributed by atoms with Gasteiger partial charge in [-0.05, 0) is 74.1 Å². The summed E-state index contributed by atoms with van der Waals surface area (Å²) in [6.45, 7) is 8.23. The molecule has 5 rings (SSSR count). The van der Waals surface area contributed by atoms with Crippen LogP contribution < -0.4 is 10.1 Å². The van der Waals surface area contributed by atoms with E-state index in [2.05, 4.69) is 61.2 Å². The maximum atomic E-state index is 5.87. The molecule has 0 bridgehead atoms. The van der Waals surface area contributed by atoms with E-state index in [9.17, 15) is 0 Å². The van der Waals surface area contributed by atoms with Crippen molar-refractivity contribution >= 4 is 17.3 Å². The molecule has 1 aromatic carbocycles. The van der Waals surface area contributed by atoms with E-state index < -0.39 is 0 Å². The number of morpholine rings is 1. The van der Waals surface area contributed by atoms with E-state index in [1.807, 2.05) is 37.4 Å². The average Bonchev–Trinajstić information content (AvgIpc) is 3.50. The van der Waals surface area contributed by atoms with Gasteiger partial charge in [0, 0.05) is 50.0 Å². The first-order chi connectivity index (χ1) is 17.2. The molecule has 0 radical (unpaired) electrons. The van der Waals surface area contributed by atoms with Crippen LogP contribution in [0.1, 0.15) is 36.8 Å². The molecule has 2 aromatic heterocycles. The first kappa shape index (κ1) is 23.8. The van der Waals surface area contributed by atoms with E-state index in [0.29, 0.717) is 6.61 Å². The summed E-state index contributed by atoms with van der Waals surface area (Å²) in [4.78, 5) is 9.50. The Balaban J connectivity index is 1.42. The zero-order valence-electron chi connectivity index (χ0n) is 20.2. The summed E-state index contributed by atoms with van der Waals surface area (Å²) >= 11 is 5.87. The SMILES string of the molecule is CCOc1ccc(-n2cccc2C2C(c3ccccn3)NC(=S)N2CCCN2CCOCC2)cc1. The van der Waals surface area contributed by atoms with Crippen molar-refractivity contribution in [3.05, 3.63) is 78.4 Å². The predicted octanol–water partition coefficient (Wildman–Crippen LogP) is 3.97. The Morgan fingerprint density at radius 1 is 1.06 bits per heavy atom. The number of benzene rings is 1. The topological polar surface area (TPSA) is 54.8 Å². The monoisotopic (exact) mass is 491 g/mol. The second kappa shape index (κ2) is 11.2. The standard InChI is InChI=1S/C27H33N5O2S/c1-2-34-22-11-9-21(10-12-22)31-15-5-8-24(31)26-25(23-7-3-4-13-28-23)29-27(35)32(26)16-6-14-30-17-19-33-20-18-30/h3-5,7-13,15,25-26H,2,6,14,16-20H2,1H3,(H,29,35). The fourth-order valence-corrected chi connectivity index (χ4v) is 5.33. The predicted molar refractivity (Wildman–Crippen MR) is 141 cm³/mol. The van der Waals surface area contributed by atoms with Gasteiger partial charge in [0.1, 0.15) is 5.75 Å². The molecule has 2 aliphatic rings. The van der Waals surface area contributed by atoms with Crippen LogP contribution in [0.25, 0.3) is 5.69 Å². The van der Waals surface area contributed by atoms with Crippen molar-refractivity contribution < 1.29 is 9.47 Å². The van der Waals surface area contributed by atoms with Crippen LogP contribution in [0.3, 0.4) is 0 Å². The second-order valence-electron chi connectivity index (χ2n) is 8.86. The van der Waals surface area contributed by atoms with Gasteiger partial charge in [0.15, 0.2) is 5.11 Å². The fourth-order valence-electron chi connectivity index (χ4n) is 5.00. The maximum absolute atomic E-state index is 5.87. The fraction of sp³-hybridized carbons (Fsp3) is 0.407. The Hall–Kier alpha value is -2.94. The van der Waals surface area contributed by atoms with Crippen LogP contribution >= 0.6 is 12.2 Å². The van der Waals surface area contributed by atoms with Crippen LogP contribution in [0.4, 0.5) is 0 Å². The van der Waals surface area contributed by atoms with Crippen LogP contribution in [0, 0.1) is 0 Å². The van der Waals surface area contributed by atoms with Gasteiger partial charge < -0.3 is 24.3 Å². The molecule has 35 heavy (non-hydrogen) atoms. The van der Waals surface area contributed by atoms with E-state index in [1.54, 1.807) is 0 Å². The van der Waals surface area contributed by atoms with E-state index in [-0.39, 0.29) is 12.1 Å². The number of hydrogen-bond donors (Lipinski definition) is 1. The number of hydrogen-bond acceptors (Lipinski definition) is 5. The summed E-state index contributed by atoms with van der Waals surface area (Å²) in [7, 11) is 0. The smallest absolute Gasteiger partial charge is 0.170 e. The molecule has 2 fully saturated rings. The maximum Gasteiger partial charge on any atom is 0.170 e. The molecule has 4 heterocycles. The summed E-state index contributed by atoms with van der Waals surface area (Å²) in [5, 5.41) is 4.36. The lowest BCUT2D eigenvalue weighted by Gasteiger charge is -2.31. The third kappa shape index (κ3) is 5.34. The largest absolute Gasteiger partial charge is 0.494 e. The van der Waals surface area contributed by atoms with Gasteiger partial charge in [0.25, 0.3) is 0 Å². The number of ether oxygens (including phenoxy) is 2. The molecule has 2 unspecified atom stereocenters. The minimum atomic E-state index is -0.0246. The van der Waals surface area contributed by atoms with Gasteiger partial charge >= 0.3 is 0 Å². The quantitative estimate of drug-likeness (QED) is 0.455. The number of nitrogens with one attached hydrogen (secondary N) is 1. The van der Waals surface area contributed by atoms with Crippen LogP contribution in [-0.4, -0.2) is 70.5 Å². The molecule has 0 saturated carbocycles. The Morgan fingerprint density at radius 2 is 1.89 bits per heavy atom. The van der Waals surface area contributed by atoms with E-state index >= 15 is 0 Å². The highest BCUT2D eigenvalue weighted by atomic mass is 32.1. The van der Waals surface area contributed by atoms with Gasteiger partial charge in [-0.25, -0.2) is 0 Å². The van der Waals surface area contributed by atoms with Crippen molar-refractivity contribution in [2.45, 2.75) is 25.4 Å². The third-order valence-corrected chi connectivity index (χ3v) is 7.04. The molecule has 2 aliphatic heterocycles. The lowest BCUT2D eigenvalue weighted by molar-refractivity contribution is 0.0365. The summed E-state index contributed by atoms with van der Waals surface area (Å²) < 4.78 is 13.4. The summed E-state index contributed by atoms with van der Waals surface area (Å²) in [5.41, 5.74) is 3.28. The van der Waals surface area contributed by atoms with E-state index in [0.717, 1.165) is 68.1 Å². The van der Waals surface area contributed by atoms with Crippen LogP contribution in [0.5, 0.6) is 5.75 Å². The Bertz CT molecular complexity index is 1100. The summed E-state index contributed by atoms with van der Waals surface area (Å²) in [5.74, 6) is 0.879.